The summed E-state index contributed by atoms with van der Waals surface area (Å²) in [7, 11) is 0. The summed E-state index contributed by atoms with van der Waals surface area (Å²) in [5.41, 5.74) is 7.38. The van der Waals surface area contributed by atoms with Crippen molar-refractivity contribution in [2.45, 2.75) is 25.6 Å². The van der Waals surface area contributed by atoms with Gasteiger partial charge in [-0.05, 0) is 54.5 Å². The topological polar surface area (TPSA) is 64.8 Å². The van der Waals surface area contributed by atoms with Crippen molar-refractivity contribution in [3.63, 3.8) is 0 Å². The molecule has 0 spiro atoms. The number of ether oxygens (including phenoxy) is 2. The second-order valence-corrected chi connectivity index (χ2v) is 7.78. The van der Waals surface area contributed by atoms with Gasteiger partial charge >= 0.3 is 0 Å². The van der Waals surface area contributed by atoms with Gasteiger partial charge in [-0.2, -0.15) is 0 Å². The van der Waals surface area contributed by atoms with Gasteiger partial charge in [0, 0.05) is 25.2 Å². The molecule has 1 saturated carbocycles. The third-order valence-corrected chi connectivity index (χ3v) is 5.81. The number of carbonyl (C=O) groups is 1. The molecule has 2 aromatic carbocycles. The fourth-order valence-electron chi connectivity index (χ4n) is 4.39. The first-order valence-corrected chi connectivity index (χ1v) is 10.1. The highest BCUT2D eigenvalue weighted by Crippen LogP contribution is 2.40. The molecule has 1 unspecified atom stereocenters. The van der Waals surface area contributed by atoms with Gasteiger partial charge in [0.1, 0.15) is 12.4 Å². The summed E-state index contributed by atoms with van der Waals surface area (Å²) in [5.74, 6) is 1.97. The van der Waals surface area contributed by atoms with E-state index in [-0.39, 0.29) is 5.91 Å². The van der Waals surface area contributed by atoms with Crippen LogP contribution in [0.15, 0.2) is 54.6 Å². The van der Waals surface area contributed by atoms with Gasteiger partial charge in [0.25, 0.3) is 5.91 Å². The first-order valence-electron chi connectivity index (χ1n) is 10.1. The van der Waals surface area contributed by atoms with Gasteiger partial charge in [-0.25, -0.2) is 0 Å². The maximum Gasteiger partial charge on any atom is 0.253 e. The second kappa shape index (κ2) is 8.76. The monoisotopic (exact) mass is 380 g/mol. The minimum Gasteiger partial charge on any atom is -0.492 e. The third-order valence-electron chi connectivity index (χ3n) is 5.81. The zero-order valence-corrected chi connectivity index (χ0v) is 16.1. The number of benzene rings is 2. The zero-order chi connectivity index (χ0) is 19.3. The normalized spacial score (nSPS) is 23.6. The van der Waals surface area contributed by atoms with Gasteiger partial charge in [-0.15, -0.1) is 0 Å². The molecule has 0 bridgehead atoms. The molecule has 2 fully saturated rings. The average molecular weight is 380 g/mol. The summed E-state index contributed by atoms with van der Waals surface area (Å²) in [6, 6.07) is 17.7. The van der Waals surface area contributed by atoms with Crippen molar-refractivity contribution in [2.75, 3.05) is 26.2 Å². The molecule has 2 aromatic rings. The van der Waals surface area contributed by atoms with Crippen molar-refractivity contribution in [1.29, 1.82) is 0 Å². The van der Waals surface area contributed by atoms with Crippen LogP contribution in [-0.4, -0.2) is 43.2 Å². The van der Waals surface area contributed by atoms with Gasteiger partial charge in [-0.1, -0.05) is 30.3 Å². The van der Waals surface area contributed by atoms with Gasteiger partial charge in [0.05, 0.1) is 12.7 Å². The van der Waals surface area contributed by atoms with Crippen LogP contribution in [0.1, 0.15) is 28.8 Å². The maximum atomic E-state index is 12.8. The predicted octanol–water partition coefficient (Wildman–Crippen LogP) is 3.09. The first-order chi connectivity index (χ1) is 13.7. The lowest BCUT2D eigenvalue weighted by Gasteiger charge is -2.20. The van der Waals surface area contributed by atoms with E-state index in [1.807, 2.05) is 47.4 Å². The summed E-state index contributed by atoms with van der Waals surface area (Å²) in [6.45, 7) is 3.30. The van der Waals surface area contributed by atoms with E-state index in [1.54, 1.807) is 0 Å². The number of nitrogens with two attached hydrogens (primary N) is 1. The molecule has 28 heavy (non-hydrogen) atoms. The second-order valence-electron chi connectivity index (χ2n) is 7.78. The molecule has 4 rings (SSSR count). The molecule has 1 aliphatic heterocycles. The van der Waals surface area contributed by atoms with Gasteiger partial charge < -0.3 is 20.1 Å². The SMILES string of the molecule is NCCOc1ccc(C(=O)N2C[C@H]3CC(OCc4ccccc4)C[C@H]3C2)cc1. The molecule has 0 aromatic heterocycles. The molecule has 2 aliphatic rings. The van der Waals surface area contributed by atoms with E-state index in [1.165, 1.54) is 5.56 Å². The standard InChI is InChI=1S/C23H28N2O3/c24-10-11-27-21-8-6-18(7-9-21)23(26)25-14-19-12-22(13-20(19)15-25)28-16-17-4-2-1-3-5-17/h1-9,19-20,22H,10-16,24H2/t19-,20+,22?. The van der Waals surface area contributed by atoms with Crippen molar-refractivity contribution in [3.05, 3.63) is 65.7 Å². The molecule has 5 heteroatoms. The fourth-order valence-corrected chi connectivity index (χ4v) is 4.39. The zero-order valence-electron chi connectivity index (χ0n) is 16.1. The van der Waals surface area contributed by atoms with E-state index in [4.69, 9.17) is 15.2 Å². The van der Waals surface area contributed by atoms with Crippen LogP contribution >= 0.6 is 0 Å². The number of rotatable bonds is 7. The quantitative estimate of drug-likeness (QED) is 0.802. The Morgan fingerprint density at radius 2 is 1.68 bits per heavy atom. The van der Waals surface area contributed by atoms with Crippen LogP contribution in [0.25, 0.3) is 0 Å². The molecule has 0 radical (unpaired) electrons. The van der Waals surface area contributed by atoms with Crippen LogP contribution in [-0.2, 0) is 11.3 Å². The minimum absolute atomic E-state index is 0.113. The summed E-state index contributed by atoms with van der Waals surface area (Å²) >= 11 is 0. The Balaban J connectivity index is 1.27. The fraction of sp³-hybridized carbons (Fsp3) is 0.435. The molecule has 1 amide bonds. The molecule has 5 nitrogen and oxygen atoms in total. The Morgan fingerprint density at radius 3 is 2.32 bits per heavy atom. The highest BCUT2D eigenvalue weighted by atomic mass is 16.5. The summed E-state index contributed by atoms with van der Waals surface area (Å²) in [5, 5.41) is 0. The van der Waals surface area contributed by atoms with Crippen LogP contribution in [0.2, 0.25) is 0 Å². The molecule has 148 valence electrons. The van der Waals surface area contributed by atoms with Crippen LogP contribution in [0.5, 0.6) is 5.75 Å². The van der Waals surface area contributed by atoms with Crippen molar-refractivity contribution < 1.29 is 14.3 Å². The van der Waals surface area contributed by atoms with Crippen molar-refractivity contribution in [3.8, 4) is 5.75 Å². The van der Waals surface area contributed by atoms with E-state index < -0.39 is 0 Å². The lowest BCUT2D eigenvalue weighted by atomic mass is 10.0. The highest BCUT2D eigenvalue weighted by Gasteiger charge is 2.42. The maximum absolute atomic E-state index is 12.8. The molecule has 2 N–H and O–H groups in total. The largest absolute Gasteiger partial charge is 0.492 e. The Hall–Kier alpha value is -2.37. The number of amides is 1. The van der Waals surface area contributed by atoms with Crippen molar-refractivity contribution in [2.24, 2.45) is 17.6 Å². The van der Waals surface area contributed by atoms with Gasteiger partial charge in [0.2, 0.25) is 0 Å². The van der Waals surface area contributed by atoms with Crippen LogP contribution in [0, 0.1) is 11.8 Å². The Bertz CT molecular complexity index is 764. The number of hydrogen-bond acceptors (Lipinski definition) is 4. The summed E-state index contributed by atoms with van der Waals surface area (Å²) < 4.78 is 11.6. The molecule has 3 atom stereocenters. The summed E-state index contributed by atoms with van der Waals surface area (Å²) in [4.78, 5) is 14.8. The highest BCUT2D eigenvalue weighted by molar-refractivity contribution is 5.94. The van der Waals surface area contributed by atoms with E-state index in [2.05, 4.69) is 12.1 Å². The molecular formula is C23H28N2O3. The van der Waals surface area contributed by atoms with E-state index in [0.29, 0.717) is 37.7 Å². The third kappa shape index (κ3) is 4.37. The van der Waals surface area contributed by atoms with E-state index in [0.717, 1.165) is 37.2 Å². The van der Waals surface area contributed by atoms with Crippen LogP contribution in [0.4, 0.5) is 0 Å². The average Bonchev–Trinajstić information content (AvgIpc) is 3.30. The number of nitrogens with zero attached hydrogens (tertiary/aromatic N) is 1. The number of hydrogen-bond donors (Lipinski definition) is 1. The molecule has 1 aliphatic carbocycles. The molecular weight excluding hydrogens is 352 g/mol. The van der Waals surface area contributed by atoms with E-state index >= 15 is 0 Å². The molecule has 1 heterocycles. The van der Waals surface area contributed by atoms with Crippen LogP contribution in [0.3, 0.4) is 0 Å². The van der Waals surface area contributed by atoms with Crippen LogP contribution < -0.4 is 10.5 Å². The van der Waals surface area contributed by atoms with Crippen molar-refractivity contribution >= 4 is 5.91 Å². The predicted molar refractivity (Wildman–Crippen MR) is 108 cm³/mol. The van der Waals surface area contributed by atoms with Gasteiger partial charge in [0.15, 0.2) is 0 Å². The lowest BCUT2D eigenvalue weighted by molar-refractivity contribution is 0.0367. The number of carbonyl (C=O) groups excluding carboxylic acids is 1. The molecule has 1 saturated heterocycles. The summed E-state index contributed by atoms with van der Waals surface area (Å²) in [6.07, 6.45) is 2.41. The Kier molecular flexibility index (Phi) is 5.93. The van der Waals surface area contributed by atoms with Gasteiger partial charge in [-0.3, -0.25) is 4.79 Å². The first kappa shape index (κ1) is 19.0. The Labute approximate surface area is 166 Å². The number of likely N-dealkylation sites (tertiary alicyclic amines) is 1. The minimum atomic E-state index is 0.113. The number of fused-ring (bicyclic) bond motifs is 1. The van der Waals surface area contributed by atoms with Crippen molar-refractivity contribution in [1.82, 2.24) is 4.90 Å². The Morgan fingerprint density at radius 1 is 1.00 bits per heavy atom. The lowest BCUT2D eigenvalue weighted by Crippen LogP contribution is -2.30. The van der Waals surface area contributed by atoms with E-state index in [9.17, 15) is 4.79 Å². The smallest absolute Gasteiger partial charge is 0.253 e.